The van der Waals surface area contributed by atoms with Crippen molar-refractivity contribution in [1.29, 1.82) is 0 Å². The van der Waals surface area contributed by atoms with Crippen molar-refractivity contribution in [2.75, 3.05) is 11.8 Å². The van der Waals surface area contributed by atoms with E-state index in [4.69, 9.17) is 4.74 Å². The molecule has 0 radical (unpaired) electrons. The average molecular weight is 499 g/mol. The summed E-state index contributed by atoms with van der Waals surface area (Å²) in [5, 5.41) is 3.97. The minimum Gasteiger partial charge on any atom is -0.497 e. The zero-order valence-electron chi connectivity index (χ0n) is 17.8. The first-order valence-corrected chi connectivity index (χ1v) is 13.3. The smallest absolute Gasteiger partial charge is 0.261 e. The number of anilines is 1. The van der Waals surface area contributed by atoms with E-state index < -0.39 is 10.0 Å². The first kappa shape index (κ1) is 23.0. The zero-order chi connectivity index (χ0) is 23.3. The van der Waals surface area contributed by atoms with Crippen LogP contribution in [0.5, 0.6) is 5.75 Å². The van der Waals surface area contributed by atoms with Gasteiger partial charge in [-0.3, -0.25) is 9.52 Å². The van der Waals surface area contributed by atoms with E-state index >= 15 is 0 Å². The Kier molecular flexibility index (Phi) is 7.12. The SMILES string of the molecule is COc1ccc(NS(=O)(=O)c2ccc(C(=O)N(Cc3cccs3)Cc3cccs3)cc2)cc1. The van der Waals surface area contributed by atoms with Crippen molar-refractivity contribution < 1.29 is 17.9 Å². The molecule has 1 N–H and O–H groups in total. The van der Waals surface area contributed by atoms with Crippen molar-refractivity contribution >= 4 is 44.3 Å². The third kappa shape index (κ3) is 5.81. The summed E-state index contributed by atoms with van der Waals surface area (Å²) >= 11 is 3.20. The summed E-state index contributed by atoms with van der Waals surface area (Å²) in [6.07, 6.45) is 0. The van der Waals surface area contributed by atoms with E-state index in [1.54, 1.807) is 71.1 Å². The third-order valence-corrected chi connectivity index (χ3v) is 8.01. The van der Waals surface area contributed by atoms with Crippen molar-refractivity contribution in [1.82, 2.24) is 4.90 Å². The van der Waals surface area contributed by atoms with Gasteiger partial charge < -0.3 is 9.64 Å². The van der Waals surface area contributed by atoms with Gasteiger partial charge in [0, 0.05) is 21.0 Å². The van der Waals surface area contributed by atoms with Crippen LogP contribution in [0.25, 0.3) is 0 Å². The van der Waals surface area contributed by atoms with E-state index in [9.17, 15) is 13.2 Å². The molecule has 4 rings (SSSR count). The van der Waals surface area contributed by atoms with Crippen molar-refractivity contribution in [3.05, 3.63) is 98.9 Å². The molecule has 4 aromatic rings. The molecule has 0 saturated carbocycles. The second-order valence-corrected chi connectivity index (χ2v) is 10.9. The van der Waals surface area contributed by atoms with Crippen LogP contribution < -0.4 is 9.46 Å². The fourth-order valence-corrected chi connectivity index (χ4v) is 5.71. The van der Waals surface area contributed by atoms with Crippen LogP contribution in [0.4, 0.5) is 5.69 Å². The first-order valence-electron chi connectivity index (χ1n) is 10.1. The molecule has 0 fully saturated rings. The Morgan fingerprint density at radius 3 is 1.94 bits per heavy atom. The van der Waals surface area contributed by atoms with Gasteiger partial charge in [0.1, 0.15) is 5.75 Å². The molecule has 1 amide bonds. The largest absolute Gasteiger partial charge is 0.497 e. The molecule has 33 heavy (non-hydrogen) atoms. The topological polar surface area (TPSA) is 75.7 Å². The van der Waals surface area contributed by atoms with Crippen LogP contribution in [0.2, 0.25) is 0 Å². The highest BCUT2D eigenvalue weighted by Gasteiger charge is 2.20. The molecule has 9 heteroatoms. The van der Waals surface area contributed by atoms with Gasteiger partial charge in [-0.25, -0.2) is 8.42 Å². The predicted molar refractivity (Wildman–Crippen MR) is 132 cm³/mol. The maximum Gasteiger partial charge on any atom is 0.261 e. The quantitative estimate of drug-likeness (QED) is 0.332. The van der Waals surface area contributed by atoms with Crippen LogP contribution in [0.1, 0.15) is 20.1 Å². The zero-order valence-corrected chi connectivity index (χ0v) is 20.3. The fraction of sp³-hybridized carbons (Fsp3) is 0.125. The summed E-state index contributed by atoms with van der Waals surface area (Å²) in [6, 6.07) is 20.5. The summed E-state index contributed by atoms with van der Waals surface area (Å²) in [5.74, 6) is 0.485. The lowest BCUT2D eigenvalue weighted by Crippen LogP contribution is -2.29. The standard InChI is InChI=1S/C24H22N2O4S3/c1-30-20-10-8-19(9-11-20)25-33(28,29)23-12-6-18(7-13-23)24(27)26(16-21-4-2-14-31-21)17-22-5-3-15-32-22/h2-15,25H,16-17H2,1H3. The van der Waals surface area contributed by atoms with Crippen molar-refractivity contribution in [3.63, 3.8) is 0 Å². The number of ether oxygens (including phenoxy) is 1. The summed E-state index contributed by atoms with van der Waals surface area (Å²) in [4.78, 5) is 17.3. The number of hydrogen-bond acceptors (Lipinski definition) is 6. The van der Waals surface area contributed by atoms with Crippen LogP contribution in [0, 0.1) is 0 Å². The number of benzene rings is 2. The second kappa shape index (κ2) is 10.2. The monoisotopic (exact) mass is 498 g/mol. The number of nitrogens with zero attached hydrogens (tertiary/aromatic N) is 1. The van der Waals surface area contributed by atoms with Gasteiger partial charge in [-0.15, -0.1) is 22.7 Å². The number of rotatable bonds is 9. The average Bonchev–Trinajstić information content (AvgIpc) is 3.53. The molecular weight excluding hydrogens is 476 g/mol. The van der Waals surface area contributed by atoms with Gasteiger partial charge in [-0.05, 0) is 71.4 Å². The van der Waals surface area contributed by atoms with E-state index in [0.29, 0.717) is 30.1 Å². The van der Waals surface area contributed by atoms with Crippen molar-refractivity contribution in [3.8, 4) is 5.75 Å². The fourth-order valence-electron chi connectivity index (χ4n) is 3.21. The Labute approximate surface area is 201 Å². The second-order valence-electron chi connectivity index (χ2n) is 7.18. The lowest BCUT2D eigenvalue weighted by atomic mass is 10.2. The van der Waals surface area contributed by atoms with Gasteiger partial charge in [0.2, 0.25) is 0 Å². The number of thiophene rings is 2. The Morgan fingerprint density at radius 2 is 1.45 bits per heavy atom. The van der Waals surface area contributed by atoms with Gasteiger partial charge in [-0.2, -0.15) is 0 Å². The highest BCUT2D eigenvalue weighted by molar-refractivity contribution is 7.92. The molecule has 0 aliphatic carbocycles. The highest BCUT2D eigenvalue weighted by Crippen LogP contribution is 2.22. The van der Waals surface area contributed by atoms with E-state index in [1.165, 1.54) is 12.1 Å². The lowest BCUT2D eigenvalue weighted by molar-refractivity contribution is 0.0733. The number of carbonyl (C=O) groups excluding carboxylic acids is 1. The van der Waals surface area contributed by atoms with Crippen LogP contribution in [-0.2, 0) is 23.1 Å². The third-order valence-electron chi connectivity index (χ3n) is 4.89. The maximum atomic E-state index is 13.3. The summed E-state index contributed by atoms with van der Waals surface area (Å²) in [7, 11) is -2.24. The minimum absolute atomic E-state index is 0.0814. The minimum atomic E-state index is -3.79. The first-order chi connectivity index (χ1) is 15.9. The molecule has 2 aromatic carbocycles. The number of nitrogens with one attached hydrogen (secondary N) is 1. The number of hydrogen-bond donors (Lipinski definition) is 1. The molecule has 170 valence electrons. The number of amides is 1. The van der Waals surface area contributed by atoms with Crippen molar-refractivity contribution in [2.45, 2.75) is 18.0 Å². The Morgan fingerprint density at radius 1 is 0.879 bits per heavy atom. The van der Waals surface area contributed by atoms with Gasteiger partial charge >= 0.3 is 0 Å². The molecule has 0 atom stereocenters. The molecule has 2 aromatic heterocycles. The maximum absolute atomic E-state index is 13.3. The van der Waals surface area contributed by atoms with Crippen molar-refractivity contribution in [2.24, 2.45) is 0 Å². The van der Waals surface area contributed by atoms with Gasteiger partial charge in [-0.1, -0.05) is 12.1 Å². The molecule has 0 unspecified atom stereocenters. The predicted octanol–water partition coefficient (Wildman–Crippen LogP) is 5.46. The van der Waals surface area contributed by atoms with E-state index in [1.807, 2.05) is 35.0 Å². The van der Waals surface area contributed by atoms with Crippen LogP contribution >= 0.6 is 22.7 Å². The Balaban J connectivity index is 1.51. The summed E-state index contributed by atoms with van der Waals surface area (Å²) in [5.41, 5.74) is 0.862. The normalized spacial score (nSPS) is 11.2. The Hall–Kier alpha value is -3.14. The van der Waals surface area contributed by atoms with E-state index in [0.717, 1.165) is 9.75 Å². The van der Waals surface area contributed by atoms with Crippen LogP contribution in [0.15, 0.2) is 88.5 Å². The molecule has 0 spiro atoms. The molecule has 0 aliphatic rings. The lowest BCUT2D eigenvalue weighted by Gasteiger charge is -2.22. The molecule has 6 nitrogen and oxygen atoms in total. The number of methoxy groups -OCH3 is 1. The molecule has 0 bridgehead atoms. The van der Waals surface area contributed by atoms with Crippen LogP contribution in [0.3, 0.4) is 0 Å². The van der Waals surface area contributed by atoms with E-state index in [-0.39, 0.29) is 10.8 Å². The van der Waals surface area contributed by atoms with E-state index in [2.05, 4.69) is 4.72 Å². The summed E-state index contributed by atoms with van der Waals surface area (Å²) < 4.78 is 33.2. The van der Waals surface area contributed by atoms with Gasteiger partial charge in [0.15, 0.2) is 0 Å². The summed E-state index contributed by atoms with van der Waals surface area (Å²) in [6.45, 7) is 0.987. The molecule has 0 aliphatic heterocycles. The number of carbonyl (C=O) groups is 1. The Bertz CT molecular complexity index is 1250. The van der Waals surface area contributed by atoms with Gasteiger partial charge in [0.05, 0.1) is 25.1 Å². The highest BCUT2D eigenvalue weighted by atomic mass is 32.2. The van der Waals surface area contributed by atoms with Gasteiger partial charge in [0.25, 0.3) is 15.9 Å². The molecule has 0 saturated heterocycles. The van der Waals surface area contributed by atoms with Crippen LogP contribution in [-0.4, -0.2) is 26.3 Å². The molecule has 2 heterocycles. The molecular formula is C24H22N2O4S3. The number of sulfonamides is 1.